The fourth-order valence-corrected chi connectivity index (χ4v) is 2.57. The van der Waals surface area contributed by atoms with Crippen LogP contribution < -0.4 is 5.32 Å². The van der Waals surface area contributed by atoms with Crippen LogP contribution in [0.2, 0.25) is 0 Å². The molecule has 8 heteroatoms. The molecule has 0 bridgehead atoms. The first-order valence-electron chi connectivity index (χ1n) is 8.14. The summed E-state index contributed by atoms with van der Waals surface area (Å²) in [5, 5.41) is 11.6. The van der Waals surface area contributed by atoms with Crippen LogP contribution in [-0.4, -0.2) is 58.4 Å². The number of nitrogens with zero attached hydrogens (tertiary/aromatic N) is 2. The van der Waals surface area contributed by atoms with Gasteiger partial charge in [-0.15, -0.1) is 0 Å². The molecule has 2 rings (SSSR count). The molecule has 0 spiro atoms. The molecule has 1 aromatic rings. The molecule has 8 nitrogen and oxygen atoms in total. The van der Waals surface area contributed by atoms with Crippen molar-refractivity contribution >= 4 is 23.8 Å². The van der Waals surface area contributed by atoms with Gasteiger partial charge in [-0.05, 0) is 12.0 Å². The van der Waals surface area contributed by atoms with Gasteiger partial charge in [0.2, 0.25) is 0 Å². The maximum absolute atomic E-state index is 12.3. The van der Waals surface area contributed by atoms with Crippen molar-refractivity contribution in [1.29, 1.82) is 0 Å². The van der Waals surface area contributed by atoms with Crippen molar-refractivity contribution in [2.75, 3.05) is 19.6 Å². The first-order chi connectivity index (χ1) is 12.0. The van der Waals surface area contributed by atoms with E-state index in [1.165, 1.54) is 4.90 Å². The molecule has 1 fully saturated rings. The average molecular weight is 347 g/mol. The Labute approximate surface area is 145 Å². The average Bonchev–Trinajstić information content (AvgIpc) is 2.61. The number of hydrogen-bond donors (Lipinski definition) is 2. The van der Waals surface area contributed by atoms with Gasteiger partial charge in [-0.3, -0.25) is 14.5 Å². The number of carboxylic acids is 1. The quantitative estimate of drug-likeness (QED) is 0.746. The summed E-state index contributed by atoms with van der Waals surface area (Å²) in [6.45, 7) is 2.74. The maximum atomic E-state index is 12.3. The summed E-state index contributed by atoms with van der Waals surface area (Å²) in [5.41, 5.74) is 0.378. The van der Waals surface area contributed by atoms with Gasteiger partial charge >= 0.3 is 23.8 Å². The van der Waals surface area contributed by atoms with Crippen LogP contribution in [0.25, 0.3) is 0 Å². The van der Waals surface area contributed by atoms with Crippen molar-refractivity contribution in [2.24, 2.45) is 0 Å². The first-order valence-corrected chi connectivity index (χ1v) is 8.14. The highest BCUT2D eigenvalue weighted by molar-refractivity contribution is 6.38. The molecule has 0 radical (unpaired) electrons. The third-order valence-electron chi connectivity index (χ3n) is 3.98. The Bertz CT molecular complexity index is 662. The van der Waals surface area contributed by atoms with Crippen molar-refractivity contribution in [2.45, 2.75) is 25.8 Å². The number of amides is 4. The zero-order chi connectivity index (χ0) is 18.4. The monoisotopic (exact) mass is 347 g/mol. The van der Waals surface area contributed by atoms with Crippen LogP contribution in [0.1, 0.15) is 31.4 Å². The number of imide groups is 1. The zero-order valence-electron chi connectivity index (χ0n) is 14.0. The molecule has 1 atom stereocenters. The highest BCUT2D eigenvalue weighted by Crippen LogP contribution is 2.14. The van der Waals surface area contributed by atoms with Gasteiger partial charge in [0, 0.05) is 19.6 Å². The van der Waals surface area contributed by atoms with Gasteiger partial charge < -0.3 is 15.3 Å². The standard InChI is InChI=1S/C17H21N3O5/c1-2-3-9-19-10-11-20(15(22)14(19)21)17(25)18-13(16(23)24)12-7-5-4-6-8-12/h4-8,13H,2-3,9-11H2,1H3,(H,18,25)(H,23,24)/t13-/m1/s1. The minimum Gasteiger partial charge on any atom is -0.479 e. The number of piperazine rings is 1. The van der Waals surface area contributed by atoms with Gasteiger partial charge in [-0.25, -0.2) is 9.59 Å². The Morgan fingerprint density at radius 1 is 1.16 bits per heavy atom. The summed E-state index contributed by atoms with van der Waals surface area (Å²) in [5.74, 6) is -2.92. The number of carbonyl (C=O) groups is 4. The van der Waals surface area contributed by atoms with E-state index in [1.54, 1.807) is 30.3 Å². The lowest BCUT2D eigenvalue weighted by Crippen LogP contribution is -2.58. The second kappa shape index (κ2) is 8.27. The van der Waals surface area contributed by atoms with E-state index in [-0.39, 0.29) is 13.1 Å². The predicted octanol–water partition coefficient (Wildman–Crippen LogP) is 0.993. The number of carbonyl (C=O) groups excluding carboxylic acids is 3. The Kier molecular flexibility index (Phi) is 6.10. The first kappa shape index (κ1) is 18.4. The van der Waals surface area contributed by atoms with Gasteiger partial charge in [0.1, 0.15) is 0 Å². The molecule has 1 aliphatic heterocycles. The fourth-order valence-electron chi connectivity index (χ4n) is 2.57. The van der Waals surface area contributed by atoms with Crippen LogP contribution in [0, 0.1) is 0 Å². The topological polar surface area (TPSA) is 107 Å². The largest absolute Gasteiger partial charge is 0.479 e. The molecule has 1 aromatic carbocycles. The molecule has 0 aliphatic carbocycles. The van der Waals surface area contributed by atoms with Crippen molar-refractivity contribution in [3.05, 3.63) is 35.9 Å². The molecule has 25 heavy (non-hydrogen) atoms. The SMILES string of the molecule is CCCCN1CCN(C(=O)N[C@@H](C(=O)O)c2ccccc2)C(=O)C1=O. The summed E-state index contributed by atoms with van der Waals surface area (Å²) in [7, 11) is 0. The minimum atomic E-state index is -1.30. The Morgan fingerprint density at radius 3 is 2.44 bits per heavy atom. The van der Waals surface area contributed by atoms with E-state index in [0.29, 0.717) is 12.1 Å². The smallest absolute Gasteiger partial charge is 0.330 e. The Balaban J connectivity index is 2.06. The summed E-state index contributed by atoms with van der Waals surface area (Å²) >= 11 is 0. The normalized spacial score (nSPS) is 15.9. The van der Waals surface area contributed by atoms with Crippen molar-refractivity contribution in [1.82, 2.24) is 15.1 Å². The summed E-state index contributed by atoms with van der Waals surface area (Å²) in [6, 6.07) is 5.97. The number of benzene rings is 1. The molecule has 1 aliphatic rings. The Morgan fingerprint density at radius 2 is 1.84 bits per heavy atom. The van der Waals surface area contributed by atoms with E-state index >= 15 is 0 Å². The number of aliphatic carboxylic acids is 1. The van der Waals surface area contributed by atoms with Crippen LogP contribution in [0.3, 0.4) is 0 Å². The van der Waals surface area contributed by atoms with E-state index in [9.17, 15) is 24.3 Å². The van der Waals surface area contributed by atoms with Gasteiger partial charge in [-0.2, -0.15) is 0 Å². The number of unbranched alkanes of at least 4 members (excludes halogenated alkanes) is 1. The third-order valence-corrected chi connectivity index (χ3v) is 3.98. The minimum absolute atomic E-state index is 0.0429. The summed E-state index contributed by atoms with van der Waals surface area (Å²) < 4.78 is 0. The van der Waals surface area contributed by atoms with E-state index in [2.05, 4.69) is 5.32 Å². The van der Waals surface area contributed by atoms with Gasteiger partial charge in [0.25, 0.3) is 0 Å². The number of carboxylic acid groups (broad SMARTS) is 1. The Hall–Kier alpha value is -2.90. The molecule has 0 unspecified atom stereocenters. The highest BCUT2D eigenvalue weighted by Gasteiger charge is 2.37. The number of urea groups is 1. The van der Waals surface area contributed by atoms with Crippen molar-refractivity contribution in [3.8, 4) is 0 Å². The number of hydrogen-bond acceptors (Lipinski definition) is 4. The molecular formula is C17H21N3O5. The van der Waals surface area contributed by atoms with Crippen LogP contribution in [-0.2, 0) is 14.4 Å². The lowest BCUT2D eigenvalue weighted by Gasteiger charge is -2.33. The number of rotatable bonds is 6. The van der Waals surface area contributed by atoms with Crippen LogP contribution in [0.5, 0.6) is 0 Å². The van der Waals surface area contributed by atoms with Crippen molar-refractivity contribution < 1.29 is 24.3 Å². The number of nitrogens with one attached hydrogen (secondary N) is 1. The van der Waals surface area contributed by atoms with Gasteiger partial charge in [0.05, 0.1) is 0 Å². The molecule has 0 aromatic heterocycles. The van der Waals surface area contributed by atoms with Gasteiger partial charge in [-0.1, -0.05) is 43.7 Å². The summed E-state index contributed by atoms with van der Waals surface area (Å²) in [6.07, 6.45) is 1.67. The highest BCUT2D eigenvalue weighted by atomic mass is 16.4. The van der Waals surface area contributed by atoms with E-state index in [1.807, 2.05) is 6.92 Å². The van der Waals surface area contributed by atoms with E-state index in [0.717, 1.165) is 17.7 Å². The van der Waals surface area contributed by atoms with E-state index < -0.39 is 29.9 Å². The zero-order valence-corrected chi connectivity index (χ0v) is 14.0. The van der Waals surface area contributed by atoms with Gasteiger partial charge in [0.15, 0.2) is 6.04 Å². The second-order valence-corrected chi connectivity index (χ2v) is 5.73. The lowest BCUT2D eigenvalue weighted by molar-refractivity contribution is -0.153. The van der Waals surface area contributed by atoms with E-state index in [4.69, 9.17) is 0 Å². The molecule has 4 amide bonds. The predicted molar refractivity (Wildman–Crippen MR) is 88.6 cm³/mol. The lowest BCUT2D eigenvalue weighted by atomic mass is 10.1. The fraction of sp³-hybridized carbons (Fsp3) is 0.412. The molecular weight excluding hydrogens is 326 g/mol. The van der Waals surface area contributed by atoms with Crippen LogP contribution in [0.15, 0.2) is 30.3 Å². The molecule has 1 heterocycles. The third kappa shape index (κ3) is 4.34. The van der Waals surface area contributed by atoms with Crippen molar-refractivity contribution in [3.63, 3.8) is 0 Å². The maximum Gasteiger partial charge on any atom is 0.330 e. The molecule has 2 N–H and O–H groups in total. The second-order valence-electron chi connectivity index (χ2n) is 5.73. The molecule has 1 saturated heterocycles. The molecule has 0 saturated carbocycles. The summed E-state index contributed by atoms with van der Waals surface area (Å²) in [4.78, 5) is 50.2. The van der Waals surface area contributed by atoms with Crippen LogP contribution >= 0.6 is 0 Å². The molecule has 134 valence electrons. The van der Waals surface area contributed by atoms with Crippen LogP contribution in [0.4, 0.5) is 4.79 Å².